The molecule has 0 spiro atoms. The molecule has 0 aliphatic heterocycles. The van der Waals surface area contributed by atoms with Crippen LogP contribution in [0.2, 0.25) is 0 Å². The lowest BCUT2D eigenvalue weighted by Crippen LogP contribution is -2.27. The van der Waals surface area contributed by atoms with Crippen molar-refractivity contribution in [3.05, 3.63) is 46.0 Å². The molecule has 160 valence electrons. The Morgan fingerprint density at radius 2 is 1.07 bits per heavy atom. The van der Waals surface area contributed by atoms with E-state index < -0.39 is 24.0 Å². The van der Waals surface area contributed by atoms with Gasteiger partial charge in [0.25, 0.3) is 0 Å². The van der Waals surface area contributed by atoms with Crippen LogP contribution in [0.15, 0.2) is 12.4 Å². The molecular formula is C23H34N2O4. The van der Waals surface area contributed by atoms with E-state index in [0.29, 0.717) is 6.42 Å². The quantitative estimate of drug-likeness (QED) is 0.671. The summed E-state index contributed by atoms with van der Waals surface area (Å²) in [5, 5.41) is 19.7. The molecule has 2 unspecified atom stereocenters. The molecule has 0 radical (unpaired) electrons. The van der Waals surface area contributed by atoms with Crippen molar-refractivity contribution < 1.29 is 19.8 Å². The molecule has 2 rings (SSSR count). The van der Waals surface area contributed by atoms with Gasteiger partial charge in [-0.15, -0.1) is 0 Å². The second-order valence-electron chi connectivity index (χ2n) is 8.81. The van der Waals surface area contributed by atoms with Gasteiger partial charge in [0, 0.05) is 30.2 Å². The first-order valence-electron chi connectivity index (χ1n) is 10.2. The van der Waals surface area contributed by atoms with Gasteiger partial charge in [0.05, 0.1) is 0 Å². The minimum Gasteiger partial charge on any atom is -0.480 e. The number of aromatic nitrogens is 2. The summed E-state index contributed by atoms with van der Waals surface area (Å²) in [4.78, 5) is 24.0. The van der Waals surface area contributed by atoms with Crippen molar-refractivity contribution in [3.8, 4) is 0 Å². The smallest absolute Gasteiger partial charge is 0.326 e. The lowest BCUT2D eigenvalue weighted by Gasteiger charge is -2.24. The minimum absolute atomic E-state index is 0.0745. The summed E-state index contributed by atoms with van der Waals surface area (Å²) >= 11 is 0. The second kappa shape index (κ2) is 8.47. The lowest BCUT2D eigenvalue weighted by atomic mass is 10.0. The van der Waals surface area contributed by atoms with Crippen molar-refractivity contribution in [1.82, 2.24) is 9.13 Å². The van der Waals surface area contributed by atoms with Crippen LogP contribution in [0.5, 0.6) is 0 Å². The average molecular weight is 403 g/mol. The van der Waals surface area contributed by atoms with Gasteiger partial charge in [-0.25, -0.2) is 9.59 Å². The highest BCUT2D eigenvalue weighted by molar-refractivity contribution is 5.73. The Labute approximate surface area is 173 Å². The molecule has 0 saturated carbocycles. The third-order valence-electron chi connectivity index (χ3n) is 6.04. The van der Waals surface area contributed by atoms with Gasteiger partial charge in [0.2, 0.25) is 0 Å². The van der Waals surface area contributed by atoms with Gasteiger partial charge in [-0.05, 0) is 61.8 Å². The molecule has 0 fully saturated rings. The molecule has 2 aromatic rings. The van der Waals surface area contributed by atoms with Gasteiger partial charge < -0.3 is 19.3 Å². The van der Waals surface area contributed by atoms with E-state index in [4.69, 9.17) is 0 Å². The fourth-order valence-corrected chi connectivity index (χ4v) is 4.16. The number of nitrogens with zero attached hydrogens (tertiary/aromatic N) is 2. The third-order valence-corrected chi connectivity index (χ3v) is 6.04. The van der Waals surface area contributed by atoms with E-state index in [1.165, 1.54) is 0 Å². The van der Waals surface area contributed by atoms with Gasteiger partial charge in [-0.2, -0.15) is 0 Å². The number of carboxylic acids is 2. The van der Waals surface area contributed by atoms with Gasteiger partial charge in [-0.1, -0.05) is 27.7 Å². The van der Waals surface area contributed by atoms with Crippen molar-refractivity contribution in [2.24, 2.45) is 11.8 Å². The first kappa shape index (κ1) is 22.8. The standard InChI is InChI=1S/C23H34N2O4/c1-12(2)20(22(26)27)24-10-14(5)16(7)18(24)9-19-17(8)15(6)11-25(19)21(13(3)4)23(28)29/h10-13,20-21H,9H2,1-8H3,(H,26,27)(H,28,29). The van der Waals surface area contributed by atoms with E-state index in [2.05, 4.69) is 0 Å². The summed E-state index contributed by atoms with van der Waals surface area (Å²) in [7, 11) is 0. The molecule has 0 amide bonds. The molecular weight excluding hydrogens is 368 g/mol. The SMILES string of the molecule is Cc1cn(C(C(=O)O)C(C)C)c(Cc2c(C)c(C)cn2C(C(=O)O)C(C)C)c1C. The molecule has 0 aromatic carbocycles. The number of hydrogen-bond acceptors (Lipinski definition) is 2. The fourth-order valence-electron chi connectivity index (χ4n) is 4.16. The summed E-state index contributed by atoms with van der Waals surface area (Å²) in [5.74, 6) is -1.86. The Hall–Kier alpha value is -2.50. The molecule has 29 heavy (non-hydrogen) atoms. The third kappa shape index (κ3) is 4.26. The van der Waals surface area contributed by atoms with Crippen molar-refractivity contribution in [1.29, 1.82) is 0 Å². The summed E-state index contributed by atoms with van der Waals surface area (Å²) in [5.41, 5.74) is 6.05. The van der Waals surface area contributed by atoms with Gasteiger partial charge in [0.1, 0.15) is 12.1 Å². The Morgan fingerprint density at radius 1 is 0.759 bits per heavy atom. The van der Waals surface area contributed by atoms with Crippen molar-refractivity contribution in [2.45, 2.75) is 73.9 Å². The maximum absolute atomic E-state index is 12.0. The Kier molecular flexibility index (Phi) is 6.66. The zero-order chi connectivity index (χ0) is 22.2. The number of aryl methyl sites for hydroxylation is 2. The van der Waals surface area contributed by atoms with Crippen LogP contribution in [0.4, 0.5) is 0 Å². The molecule has 6 nitrogen and oxygen atoms in total. The molecule has 0 aliphatic rings. The summed E-state index contributed by atoms with van der Waals surface area (Å²) in [6, 6.07) is -1.33. The van der Waals surface area contributed by atoms with Crippen LogP contribution in [0.3, 0.4) is 0 Å². The number of aliphatic carboxylic acids is 2. The van der Waals surface area contributed by atoms with E-state index in [9.17, 15) is 19.8 Å². The highest BCUT2D eigenvalue weighted by Crippen LogP contribution is 2.32. The first-order valence-corrected chi connectivity index (χ1v) is 10.2. The monoisotopic (exact) mass is 402 g/mol. The van der Waals surface area contributed by atoms with E-state index in [1.807, 2.05) is 76.9 Å². The predicted molar refractivity (Wildman–Crippen MR) is 114 cm³/mol. The van der Waals surface area contributed by atoms with Gasteiger partial charge >= 0.3 is 11.9 Å². The van der Waals surface area contributed by atoms with Crippen molar-refractivity contribution in [2.75, 3.05) is 0 Å². The molecule has 2 atom stereocenters. The zero-order valence-corrected chi connectivity index (χ0v) is 18.8. The summed E-state index contributed by atoms with van der Waals surface area (Å²) in [6.07, 6.45) is 4.32. The van der Waals surface area contributed by atoms with E-state index in [0.717, 1.165) is 33.6 Å². The zero-order valence-electron chi connectivity index (χ0n) is 18.8. The van der Waals surface area contributed by atoms with Crippen LogP contribution in [0, 0.1) is 39.5 Å². The van der Waals surface area contributed by atoms with Crippen LogP contribution < -0.4 is 0 Å². The lowest BCUT2D eigenvalue weighted by molar-refractivity contribution is -0.143. The minimum atomic E-state index is -0.856. The molecule has 0 aliphatic carbocycles. The maximum Gasteiger partial charge on any atom is 0.326 e. The van der Waals surface area contributed by atoms with Crippen LogP contribution in [-0.2, 0) is 16.0 Å². The normalized spacial score (nSPS) is 13.9. The van der Waals surface area contributed by atoms with E-state index >= 15 is 0 Å². The Morgan fingerprint density at radius 3 is 1.31 bits per heavy atom. The number of rotatable bonds is 8. The molecule has 2 N–H and O–H groups in total. The van der Waals surface area contributed by atoms with Crippen LogP contribution in [-0.4, -0.2) is 31.3 Å². The van der Waals surface area contributed by atoms with Gasteiger partial charge in [-0.3, -0.25) is 0 Å². The van der Waals surface area contributed by atoms with Crippen LogP contribution in [0.25, 0.3) is 0 Å². The van der Waals surface area contributed by atoms with E-state index in [-0.39, 0.29) is 11.8 Å². The first-order chi connectivity index (χ1) is 13.4. The molecule has 6 heteroatoms. The largest absolute Gasteiger partial charge is 0.480 e. The predicted octanol–water partition coefficient (Wildman–Crippen LogP) is 4.68. The summed E-state index contributed by atoms with van der Waals surface area (Å²) in [6.45, 7) is 15.6. The summed E-state index contributed by atoms with van der Waals surface area (Å²) < 4.78 is 3.74. The number of carbonyl (C=O) groups is 2. The molecule has 0 bridgehead atoms. The average Bonchev–Trinajstić information content (AvgIpc) is 2.99. The molecule has 2 heterocycles. The topological polar surface area (TPSA) is 84.5 Å². The molecule has 0 saturated heterocycles. The Balaban J connectivity index is 2.67. The van der Waals surface area contributed by atoms with Crippen molar-refractivity contribution in [3.63, 3.8) is 0 Å². The Bertz CT molecular complexity index is 844. The fraction of sp³-hybridized carbons (Fsp3) is 0.565. The highest BCUT2D eigenvalue weighted by Gasteiger charge is 2.30. The second-order valence-corrected chi connectivity index (χ2v) is 8.81. The van der Waals surface area contributed by atoms with E-state index in [1.54, 1.807) is 0 Å². The molecule has 2 aromatic heterocycles. The van der Waals surface area contributed by atoms with Gasteiger partial charge in [0.15, 0.2) is 0 Å². The van der Waals surface area contributed by atoms with Crippen LogP contribution in [0.1, 0.15) is 73.4 Å². The number of carboxylic acid groups (broad SMARTS) is 2. The van der Waals surface area contributed by atoms with Crippen LogP contribution >= 0.6 is 0 Å². The van der Waals surface area contributed by atoms with Crippen molar-refractivity contribution >= 4 is 11.9 Å². The highest BCUT2D eigenvalue weighted by atomic mass is 16.4. The maximum atomic E-state index is 12.0. The number of hydrogen-bond donors (Lipinski definition) is 2.